The number of halogens is 1. The van der Waals surface area contributed by atoms with E-state index in [1.807, 2.05) is 0 Å². The number of hydrogen-bond acceptors (Lipinski definition) is 3. The van der Waals surface area contributed by atoms with Gasteiger partial charge in [-0.15, -0.1) is 0 Å². The Balaban J connectivity index is 1.99. The second-order valence-corrected chi connectivity index (χ2v) is 4.72. The zero-order valence-electron chi connectivity index (χ0n) is 10.5. The van der Waals surface area contributed by atoms with Gasteiger partial charge >= 0.3 is 0 Å². The first-order valence-electron chi connectivity index (χ1n) is 5.93. The second kappa shape index (κ2) is 9.13. The van der Waals surface area contributed by atoms with E-state index in [1.165, 1.54) is 0 Å². The van der Waals surface area contributed by atoms with Gasteiger partial charge in [0.05, 0.1) is 13.2 Å². The molecule has 0 aliphatic carbocycles. The Labute approximate surface area is 115 Å². The van der Waals surface area contributed by atoms with Gasteiger partial charge in [0, 0.05) is 30.9 Å². The molecule has 6 heteroatoms. The highest BCUT2D eigenvalue weighted by atomic mass is 79.9. The van der Waals surface area contributed by atoms with Crippen LogP contribution < -0.4 is 5.32 Å². The molecule has 5 nitrogen and oxygen atoms in total. The van der Waals surface area contributed by atoms with E-state index >= 15 is 0 Å². The summed E-state index contributed by atoms with van der Waals surface area (Å²) in [5, 5.41) is 2.84. The van der Waals surface area contributed by atoms with Crippen LogP contribution in [0.15, 0.2) is 16.7 Å². The average Bonchev–Trinajstić information content (AvgIpc) is 2.79. The van der Waals surface area contributed by atoms with Crippen molar-refractivity contribution in [2.45, 2.75) is 12.8 Å². The molecule has 2 N–H and O–H groups in total. The molecule has 0 atom stereocenters. The monoisotopic (exact) mass is 318 g/mol. The molecule has 1 rings (SSSR count). The predicted molar refractivity (Wildman–Crippen MR) is 72.8 cm³/mol. The van der Waals surface area contributed by atoms with Gasteiger partial charge in [0.15, 0.2) is 0 Å². The van der Waals surface area contributed by atoms with Crippen molar-refractivity contribution in [3.05, 3.63) is 22.4 Å². The fourth-order valence-electron chi connectivity index (χ4n) is 1.37. The number of aromatic nitrogens is 1. The molecule has 1 aromatic rings. The maximum atomic E-state index is 11.6. The Bertz CT molecular complexity index is 355. The van der Waals surface area contributed by atoms with Crippen molar-refractivity contribution in [2.24, 2.45) is 0 Å². The van der Waals surface area contributed by atoms with E-state index in [0.29, 0.717) is 32.1 Å². The lowest BCUT2D eigenvalue weighted by Crippen LogP contribution is -2.24. The molecular formula is C12H19BrN2O3. The summed E-state index contributed by atoms with van der Waals surface area (Å²) in [6.07, 6.45) is 3.57. The van der Waals surface area contributed by atoms with Crippen molar-refractivity contribution in [3.8, 4) is 0 Å². The fourth-order valence-corrected chi connectivity index (χ4v) is 1.71. The molecule has 0 radical (unpaired) electrons. The second-order valence-electron chi connectivity index (χ2n) is 3.80. The Hall–Kier alpha value is -0.850. The highest BCUT2D eigenvalue weighted by Crippen LogP contribution is 2.10. The zero-order chi connectivity index (χ0) is 13.2. The van der Waals surface area contributed by atoms with Crippen LogP contribution in [-0.4, -0.2) is 44.4 Å². The number of carbonyl (C=O) groups is 1. The highest BCUT2D eigenvalue weighted by molar-refractivity contribution is 9.10. The first kappa shape index (κ1) is 15.2. The predicted octanol–water partition coefficient (Wildman–Crippen LogP) is 1.95. The summed E-state index contributed by atoms with van der Waals surface area (Å²) >= 11 is 3.29. The van der Waals surface area contributed by atoms with E-state index in [0.717, 1.165) is 17.3 Å². The molecule has 0 aromatic carbocycles. The largest absolute Gasteiger partial charge is 0.382 e. The molecule has 1 amide bonds. The number of unbranched alkanes of at least 4 members (excludes halogenated alkanes) is 1. The summed E-state index contributed by atoms with van der Waals surface area (Å²) in [6, 6.07) is 1.75. The minimum atomic E-state index is -0.0824. The van der Waals surface area contributed by atoms with Crippen LogP contribution in [-0.2, 0) is 9.47 Å². The molecule has 102 valence electrons. The average molecular weight is 319 g/mol. The van der Waals surface area contributed by atoms with Crippen LogP contribution in [0.25, 0.3) is 0 Å². The van der Waals surface area contributed by atoms with E-state index in [9.17, 15) is 4.79 Å². The van der Waals surface area contributed by atoms with Crippen molar-refractivity contribution in [1.82, 2.24) is 10.3 Å². The van der Waals surface area contributed by atoms with Crippen LogP contribution >= 0.6 is 15.9 Å². The molecule has 1 heterocycles. The van der Waals surface area contributed by atoms with Gasteiger partial charge in [0.1, 0.15) is 5.69 Å². The van der Waals surface area contributed by atoms with E-state index in [2.05, 4.69) is 26.2 Å². The third-order valence-corrected chi connectivity index (χ3v) is 2.78. The molecule has 18 heavy (non-hydrogen) atoms. The Kier molecular flexibility index (Phi) is 7.71. The summed E-state index contributed by atoms with van der Waals surface area (Å²) in [6.45, 7) is 2.61. The van der Waals surface area contributed by atoms with Gasteiger partial charge in [0.25, 0.3) is 5.91 Å². The maximum absolute atomic E-state index is 11.6. The van der Waals surface area contributed by atoms with Gasteiger partial charge < -0.3 is 19.8 Å². The minimum absolute atomic E-state index is 0.0824. The van der Waals surface area contributed by atoms with Gasteiger partial charge in [-0.25, -0.2) is 0 Å². The standard InChI is InChI=1S/C12H19BrN2O3/c1-17-6-7-18-5-3-2-4-14-12(16)11-8-10(13)9-15-11/h8-9,15H,2-7H2,1H3,(H,14,16). The lowest BCUT2D eigenvalue weighted by molar-refractivity contribution is 0.0686. The topological polar surface area (TPSA) is 63.4 Å². The smallest absolute Gasteiger partial charge is 0.267 e. The number of ether oxygens (including phenoxy) is 2. The molecule has 0 fully saturated rings. The van der Waals surface area contributed by atoms with E-state index < -0.39 is 0 Å². The van der Waals surface area contributed by atoms with Crippen LogP contribution in [0.3, 0.4) is 0 Å². The van der Waals surface area contributed by atoms with Gasteiger partial charge in [-0.3, -0.25) is 4.79 Å². The Morgan fingerprint density at radius 2 is 2.22 bits per heavy atom. The van der Waals surface area contributed by atoms with E-state index in [-0.39, 0.29) is 5.91 Å². The fraction of sp³-hybridized carbons (Fsp3) is 0.583. The number of aromatic amines is 1. The first-order valence-corrected chi connectivity index (χ1v) is 6.72. The molecule has 0 saturated carbocycles. The van der Waals surface area contributed by atoms with Crippen LogP contribution in [0, 0.1) is 0 Å². The number of methoxy groups -OCH3 is 1. The third kappa shape index (κ3) is 6.18. The number of nitrogens with one attached hydrogen (secondary N) is 2. The van der Waals surface area contributed by atoms with Gasteiger partial charge in [0.2, 0.25) is 0 Å². The molecule has 0 saturated heterocycles. The quantitative estimate of drug-likeness (QED) is 0.684. The van der Waals surface area contributed by atoms with Crippen LogP contribution in [0.4, 0.5) is 0 Å². The molecule has 0 aliphatic heterocycles. The molecule has 1 aromatic heterocycles. The Morgan fingerprint density at radius 1 is 1.39 bits per heavy atom. The van der Waals surface area contributed by atoms with Gasteiger partial charge in [-0.05, 0) is 34.8 Å². The first-order chi connectivity index (χ1) is 8.74. The maximum Gasteiger partial charge on any atom is 0.267 e. The van der Waals surface area contributed by atoms with Crippen molar-refractivity contribution in [3.63, 3.8) is 0 Å². The summed E-state index contributed by atoms with van der Waals surface area (Å²) in [5.74, 6) is -0.0824. The summed E-state index contributed by atoms with van der Waals surface area (Å²) < 4.78 is 11.1. The lowest BCUT2D eigenvalue weighted by Gasteiger charge is -2.05. The van der Waals surface area contributed by atoms with E-state index in [1.54, 1.807) is 19.4 Å². The lowest BCUT2D eigenvalue weighted by atomic mass is 10.3. The summed E-state index contributed by atoms with van der Waals surface area (Å²) in [4.78, 5) is 14.5. The van der Waals surface area contributed by atoms with Gasteiger partial charge in [-0.1, -0.05) is 0 Å². The molecule has 0 spiro atoms. The molecule has 0 aliphatic rings. The molecule has 0 bridgehead atoms. The van der Waals surface area contributed by atoms with Gasteiger partial charge in [-0.2, -0.15) is 0 Å². The van der Waals surface area contributed by atoms with Crippen LogP contribution in [0.5, 0.6) is 0 Å². The van der Waals surface area contributed by atoms with Crippen molar-refractivity contribution in [1.29, 1.82) is 0 Å². The summed E-state index contributed by atoms with van der Waals surface area (Å²) in [7, 11) is 1.65. The normalized spacial score (nSPS) is 10.6. The van der Waals surface area contributed by atoms with E-state index in [4.69, 9.17) is 9.47 Å². The minimum Gasteiger partial charge on any atom is -0.382 e. The number of amides is 1. The molecule has 0 unspecified atom stereocenters. The number of carbonyl (C=O) groups excluding carboxylic acids is 1. The summed E-state index contributed by atoms with van der Waals surface area (Å²) in [5.41, 5.74) is 0.568. The highest BCUT2D eigenvalue weighted by Gasteiger charge is 2.06. The number of hydrogen-bond donors (Lipinski definition) is 2. The van der Waals surface area contributed by atoms with Crippen molar-refractivity contribution in [2.75, 3.05) is 33.5 Å². The third-order valence-electron chi connectivity index (χ3n) is 2.33. The SMILES string of the molecule is COCCOCCCCNC(=O)c1cc(Br)c[nH]1. The zero-order valence-corrected chi connectivity index (χ0v) is 12.1. The van der Waals surface area contributed by atoms with Crippen LogP contribution in [0.2, 0.25) is 0 Å². The number of H-pyrrole nitrogens is 1. The van der Waals surface area contributed by atoms with Crippen molar-refractivity contribution >= 4 is 21.8 Å². The van der Waals surface area contributed by atoms with Crippen molar-refractivity contribution < 1.29 is 14.3 Å². The van der Waals surface area contributed by atoms with Crippen LogP contribution in [0.1, 0.15) is 23.3 Å². The Morgan fingerprint density at radius 3 is 2.89 bits per heavy atom. The molecular weight excluding hydrogens is 300 g/mol. The number of rotatable bonds is 9.